The number of esters is 2. The number of unbranched alkanes of at least 4 members (excludes halogenated alkanes) is 36. The van der Waals surface area contributed by atoms with Gasteiger partial charge in [-0.2, -0.15) is 0 Å². The van der Waals surface area contributed by atoms with Crippen LogP contribution in [-0.2, 0) is 33.3 Å². The van der Waals surface area contributed by atoms with Gasteiger partial charge in [0.2, 0.25) is 0 Å². The number of aliphatic carboxylic acids is 1. The maximum Gasteiger partial charge on any atom is 0.361 e. The van der Waals surface area contributed by atoms with Gasteiger partial charge in [0.25, 0.3) is 6.29 Å². The molecular weight excluding hydrogens is 1080 g/mol. The zero-order chi connectivity index (χ0) is 63.3. The molecule has 87 heavy (non-hydrogen) atoms. The van der Waals surface area contributed by atoms with Crippen molar-refractivity contribution in [2.45, 2.75) is 334 Å². The lowest BCUT2D eigenvalue weighted by molar-refractivity contribution is -0.870. The predicted molar refractivity (Wildman–Crippen MR) is 373 cm³/mol. The van der Waals surface area contributed by atoms with Gasteiger partial charge in [0.1, 0.15) is 13.2 Å². The van der Waals surface area contributed by atoms with Crippen molar-refractivity contribution in [1.29, 1.82) is 0 Å². The number of likely N-dealkylation sites (N-methyl/N-ethyl adjacent to an activating group) is 1. The summed E-state index contributed by atoms with van der Waals surface area (Å²) in [5.41, 5.74) is 0. The molecule has 9 nitrogen and oxygen atoms in total. The van der Waals surface area contributed by atoms with Gasteiger partial charge in [0, 0.05) is 12.8 Å². The number of quaternary nitrogens is 1. The Bertz CT molecular complexity index is 1750. The van der Waals surface area contributed by atoms with Crippen LogP contribution in [0.2, 0.25) is 0 Å². The first-order valence-corrected chi connectivity index (χ1v) is 36.4. The van der Waals surface area contributed by atoms with E-state index >= 15 is 0 Å². The number of carbonyl (C=O) groups excluding carboxylic acids is 2. The Labute approximate surface area is 537 Å². The molecule has 0 radical (unpaired) electrons. The SMILES string of the molecule is CC/C=C\C/C=C\C/C=C\C/C=C\C/C=C\CCCCCCCCCCCC(=O)OC(COC(=O)CCCCCCCCCCCCCCCCCCCCCCCC/C=C\C/C=C\C/C=C\CCCCCCC)COC(OCC[N+](C)(C)C)C(=O)O. The average molecular weight is 1220 g/mol. The number of nitrogens with zero attached hydrogens (tertiary/aromatic N) is 1. The van der Waals surface area contributed by atoms with E-state index in [0.29, 0.717) is 23.9 Å². The molecule has 0 saturated heterocycles. The third kappa shape index (κ3) is 69.5. The second kappa shape index (κ2) is 68.1. The van der Waals surface area contributed by atoms with Crippen molar-refractivity contribution in [2.24, 2.45) is 0 Å². The summed E-state index contributed by atoms with van der Waals surface area (Å²) in [4.78, 5) is 37.6. The monoisotopic (exact) mass is 1220 g/mol. The normalized spacial score (nSPS) is 13.3. The van der Waals surface area contributed by atoms with Gasteiger partial charge in [-0.1, -0.05) is 310 Å². The summed E-state index contributed by atoms with van der Waals surface area (Å²) in [5.74, 6) is -2.00. The molecule has 0 amide bonds. The summed E-state index contributed by atoms with van der Waals surface area (Å²) in [6, 6.07) is 0. The first kappa shape index (κ1) is 83.2. The van der Waals surface area contributed by atoms with E-state index in [9.17, 15) is 19.5 Å². The molecule has 0 spiro atoms. The molecule has 1 N–H and O–H groups in total. The van der Waals surface area contributed by atoms with E-state index in [1.807, 2.05) is 21.1 Å². The van der Waals surface area contributed by atoms with Crippen LogP contribution in [0.15, 0.2) is 97.2 Å². The molecule has 0 aromatic rings. The topological polar surface area (TPSA) is 108 Å². The first-order chi connectivity index (χ1) is 42.6. The largest absolute Gasteiger partial charge is 0.477 e. The Morgan fingerprint density at radius 1 is 0.356 bits per heavy atom. The van der Waals surface area contributed by atoms with Crippen molar-refractivity contribution < 1.29 is 42.9 Å². The molecule has 0 bridgehead atoms. The van der Waals surface area contributed by atoms with Crippen molar-refractivity contribution in [3.05, 3.63) is 97.2 Å². The maximum atomic E-state index is 12.9. The van der Waals surface area contributed by atoms with Crippen LogP contribution >= 0.6 is 0 Å². The van der Waals surface area contributed by atoms with Gasteiger partial charge in [-0.25, -0.2) is 4.79 Å². The summed E-state index contributed by atoms with van der Waals surface area (Å²) in [6.07, 6.45) is 91.0. The first-order valence-electron chi connectivity index (χ1n) is 36.4. The highest BCUT2D eigenvalue weighted by Crippen LogP contribution is 2.18. The van der Waals surface area contributed by atoms with Crippen molar-refractivity contribution in [3.8, 4) is 0 Å². The third-order valence-corrected chi connectivity index (χ3v) is 15.8. The Kier molecular flexibility index (Phi) is 65.2. The summed E-state index contributed by atoms with van der Waals surface area (Å²) < 4.78 is 23.0. The standard InChI is InChI=1S/C78H137NO8/c1-6-8-10-12-14-16-18-20-22-24-26-28-30-32-33-34-35-36-37-38-39-40-41-42-43-45-46-48-50-52-54-56-58-60-62-64-66-68-75(80)85-72-74(73-86-78(77(82)83)84-71-70-79(3,4)5)87-76(81)69-67-65-63-61-59-57-55-53-51-49-47-44-31-29-27-25-23-21-19-17-15-13-11-9-7-2/h9,11,15,17-18,20-21,23-24,26-27,29-30,32,44,47,74,78H,6-8,10,12-14,16,19,22,25,28,31,33-43,45-46,48-73H2,1-5H3/p+1/b11-9-,17-15-,20-18-,23-21-,26-24-,29-27-,32-30-,47-44-. The second-order valence-electron chi connectivity index (χ2n) is 25.5. The molecule has 2 unspecified atom stereocenters. The maximum absolute atomic E-state index is 12.9. The Hall–Kier alpha value is -3.79. The van der Waals surface area contributed by atoms with Crippen LogP contribution in [0.25, 0.3) is 0 Å². The van der Waals surface area contributed by atoms with E-state index in [2.05, 4.69) is 111 Å². The number of carbonyl (C=O) groups is 3. The number of rotatable bonds is 67. The molecule has 0 heterocycles. The van der Waals surface area contributed by atoms with E-state index in [4.69, 9.17) is 18.9 Å². The molecule has 0 aliphatic rings. The van der Waals surface area contributed by atoms with Crippen molar-refractivity contribution in [1.82, 2.24) is 0 Å². The summed E-state index contributed by atoms with van der Waals surface area (Å²) in [6.45, 7) is 4.77. The number of allylic oxidation sites excluding steroid dienone is 16. The fraction of sp³-hybridized carbons (Fsp3) is 0.756. The molecule has 0 aromatic carbocycles. The fourth-order valence-corrected chi connectivity index (χ4v) is 10.3. The minimum absolute atomic E-state index is 0.184. The predicted octanol–water partition coefficient (Wildman–Crippen LogP) is 22.8. The van der Waals surface area contributed by atoms with Gasteiger partial charge >= 0.3 is 17.9 Å². The molecular formula is C78H138NO8+. The summed E-state index contributed by atoms with van der Waals surface area (Å²) >= 11 is 0. The molecule has 2 atom stereocenters. The number of ether oxygens (including phenoxy) is 4. The zero-order valence-electron chi connectivity index (χ0n) is 57.4. The molecule has 0 rings (SSSR count). The molecule has 0 aromatic heterocycles. The Balaban J connectivity index is 4.05. The lowest BCUT2D eigenvalue weighted by Gasteiger charge is -2.25. The van der Waals surface area contributed by atoms with Crippen LogP contribution in [0.5, 0.6) is 0 Å². The molecule has 0 saturated carbocycles. The van der Waals surface area contributed by atoms with Gasteiger partial charge in [-0.15, -0.1) is 0 Å². The highest BCUT2D eigenvalue weighted by Gasteiger charge is 2.25. The average Bonchev–Trinajstić information content (AvgIpc) is 3.59. The Morgan fingerprint density at radius 2 is 0.655 bits per heavy atom. The quantitative estimate of drug-likeness (QED) is 0.0211. The highest BCUT2D eigenvalue weighted by atomic mass is 16.7. The van der Waals surface area contributed by atoms with Gasteiger partial charge in [0.05, 0.1) is 34.4 Å². The van der Waals surface area contributed by atoms with E-state index in [0.717, 1.165) is 89.9 Å². The zero-order valence-corrected chi connectivity index (χ0v) is 57.4. The van der Waals surface area contributed by atoms with Gasteiger partial charge in [-0.3, -0.25) is 9.59 Å². The van der Waals surface area contributed by atoms with Crippen LogP contribution in [0, 0.1) is 0 Å². The molecule has 0 fully saturated rings. The summed E-state index contributed by atoms with van der Waals surface area (Å²) in [7, 11) is 5.98. The van der Waals surface area contributed by atoms with Gasteiger partial charge < -0.3 is 28.5 Å². The highest BCUT2D eigenvalue weighted by molar-refractivity contribution is 5.71. The fourth-order valence-electron chi connectivity index (χ4n) is 10.3. The molecule has 0 aliphatic heterocycles. The Morgan fingerprint density at radius 3 is 0.977 bits per heavy atom. The minimum atomic E-state index is -1.52. The summed E-state index contributed by atoms with van der Waals surface area (Å²) in [5, 5.41) is 9.75. The van der Waals surface area contributed by atoms with E-state index in [1.165, 1.54) is 199 Å². The van der Waals surface area contributed by atoms with Crippen LogP contribution in [-0.4, -0.2) is 87.4 Å². The molecule has 502 valence electrons. The van der Waals surface area contributed by atoms with Gasteiger partial charge in [-0.05, 0) is 96.3 Å². The lowest BCUT2D eigenvalue weighted by Crippen LogP contribution is -2.40. The number of carboxylic acid groups (broad SMARTS) is 1. The van der Waals surface area contributed by atoms with Crippen LogP contribution in [0.4, 0.5) is 0 Å². The van der Waals surface area contributed by atoms with Crippen LogP contribution in [0.1, 0.15) is 322 Å². The van der Waals surface area contributed by atoms with E-state index in [1.54, 1.807) is 0 Å². The van der Waals surface area contributed by atoms with E-state index in [-0.39, 0.29) is 32.2 Å². The second-order valence-corrected chi connectivity index (χ2v) is 25.5. The molecule has 0 aliphatic carbocycles. The van der Waals surface area contributed by atoms with Crippen LogP contribution in [0.3, 0.4) is 0 Å². The van der Waals surface area contributed by atoms with Crippen molar-refractivity contribution in [3.63, 3.8) is 0 Å². The number of hydrogen-bond acceptors (Lipinski definition) is 7. The number of carboxylic acids is 1. The number of hydrogen-bond donors (Lipinski definition) is 1. The third-order valence-electron chi connectivity index (χ3n) is 15.8. The molecule has 9 heteroatoms. The van der Waals surface area contributed by atoms with Crippen molar-refractivity contribution >= 4 is 17.9 Å². The smallest absolute Gasteiger partial charge is 0.361 e. The van der Waals surface area contributed by atoms with Crippen molar-refractivity contribution in [2.75, 3.05) is 47.5 Å². The van der Waals surface area contributed by atoms with E-state index < -0.39 is 24.3 Å². The van der Waals surface area contributed by atoms with Gasteiger partial charge in [0.15, 0.2) is 6.10 Å². The lowest BCUT2D eigenvalue weighted by atomic mass is 10.0. The van der Waals surface area contributed by atoms with Crippen LogP contribution < -0.4 is 0 Å². The minimum Gasteiger partial charge on any atom is -0.477 e.